The third-order valence-electron chi connectivity index (χ3n) is 2.37. The summed E-state index contributed by atoms with van der Waals surface area (Å²) in [4.78, 5) is 11.6. The molecule has 1 aliphatic rings. The fourth-order valence-electron chi connectivity index (χ4n) is 1.33. The number of hydrogen-bond donors (Lipinski definition) is 1. The third-order valence-corrected chi connectivity index (χ3v) is 4.68. The van der Waals surface area contributed by atoms with Crippen molar-refractivity contribution in [1.29, 1.82) is 0 Å². The first kappa shape index (κ1) is 12.9. The number of halogens is 2. The summed E-state index contributed by atoms with van der Waals surface area (Å²) in [5, 5.41) is 2.78. The second kappa shape index (κ2) is 4.59. The second-order valence-electron chi connectivity index (χ2n) is 3.83. The van der Waals surface area contributed by atoms with E-state index in [1.165, 1.54) is 12.1 Å². The average molecular weight is 339 g/mol. The molecule has 0 spiro atoms. The second-order valence-corrected chi connectivity index (χ2v) is 7.22. The topological polar surface area (TPSA) is 63.2 Å². The van der Waals surface area contributed by atoms with Gasteiger partial charge in [-0.1, -0.05) is 0 Å². The van der Waals surface area contributed by atoms with Gasteiger partial charge in [0, 0.05) is 26.8 Å². The van der Waals surface area contributed by atoms with Crippen LogP contribution in [-0.2, 0) is 9.05 Å². The molecule has 0 saturated heterocycles. The van der Waals surface area contributed by atoms with Gasteiger partial charge in [-0.3, -0.25) is 4.79 Å². The fraction of sp³-hybridized carbons (Fsp3) is 0.300. The molecular formula is C10H9BrClNO3S. The Morgan fingerprint density at radius 2 is 2.06 bits per heavy atom. The van der Waals surface area contributed by atoms with Crippen molar-refractivity contribution in [3.05, 3.63) is 28.2 Å². The summed E-state index contributed by atoms with van der Waals surface area (Å²) in [6.45, 7) is 0. The molecule has 0 aromatic heterocycles. The summed E-state index contributed by atoms with van der Waals surface area (Å²) >= 11 is 3.08. The van der Waals surface area contributed by atoms with E-state index in [4.69, 9.17) is 10.7 Å². The fourth-order valence-corrected chi connectivity index (χ4v) is 3.45. The zero-order valence-corrected chi connectivity index (χ0v) is 11.8. The summed E-state index contributed by atoms with van der Waals surface area (Å²) in [5.74, 6) is -0.276. The lowest BCUT2D eigenvalue weighted by Gasteiger charge is -2.06. The molecule has 0 radical (unpaired) electrons. The van der Waals surface area contributed by atoms with Gasteiger partial charge in [-0.25, -0.2) is 8.42 Å². The molecule has 92 valence electrons. The van der Waals surface area contributed by atoms with Crippen LogP contribution in [0.15, 0.2) is 27.6 Å². The smallest absolute Gasteiger partial charge is 0.262 e. The lowest BCUT2D eigenvalue weighted by atomic mass is 10.2. The maximum Gasteiger partial charge on any atom is 0.262 e. The maximum atomic E-state index is 11.7. The predicted octanol–water partition coefficient (Wildman–Crippen LogP) is 2.27. The van der Waals surface area contributed by atoms with Crippen molar-refractivity contribution in [3.8, 4) is 0 Å². The van der Waals surface area contributed by atoms with Crippen molar-refractivity contribution < 1.29 is 13.2 Å². The van der Waals surface area contributed by atoms with Crippen molar-refractivity contribution in [2.45, 2.75) is 23.8 Å². The van der Waals surface area contributed by atoms with Crippen LogP contribution in [0.2, 0.25) is 0 Å². The van der Waals surface area contributed by atoms with Crippen LogP contribution in [0.25, 0.3) is 0 Å². The van der Waals surface area contributed by atoms with Crippen LogP contribution in [0.4, 0.5) is 0 Å². The molecule has 17 heavy (non-hydrogen) atoms. The molecule has 1 aromatic carbocycles. The molecule has 0 unspecified atom stereocenters. The zero-order chi connectivity index (χ0) is 12.6. The van der Waals surface area contributed by atoms with Crippen LogP contribution in [0.5, 0.6) is 0 Å². The Morgan fingerprint density at radius 3 is 2.59 bits per heavy atom. The van der Waals surface area contributed by atoms with Crippen molar-refractivity contribution in [3.63, 3.8) is 0 Å². The molecule has 1 aliphatic carbocycles. The minimum Gasteiger partial charge on any atom is -0.349 e. The first-order valence-electron chi connectivity index (χ1n) is 4.93. The molecule has 0 heterocycles. The van der Waals surface area contributed by atoms with Gasteiger partial charge in [0.25, 0.3) is 15.0 Å². The Labute approximate surface area is 112 Å². The molecule has 1 aromatic rings. The first-order valence-corrected chi connectivity index (χ1v) is 8.03. The molecule has 7 heteroatoms. The molecule has 0 atom stereocenters. The van der Waals surface area contributed by atoms with Gasteiger partial charge in [0.05, 0.1) is 4.90 Å². The summed E-state index contributed by atoms with van der Waals surface area (Å²) in [7, 11) is 1.41. The van der Waals surface area contributed by atoms with Gasteiger partial charge in [0.15, 0.2) is 0 Å². The average Bonchev–Trinajstić information content (AvgIpc) is 3.00. The highest BCUT2D eigenvalue weighted by atomic mass is 79.9. The maximum absolute atomic E-state index is 11.7. The normalized spacial score (nSPS) is 15.6. The number of hydrogen-bond acceptors (Lipinski definition) is 3. The number of rotatable bonds is 3. The van der Waals surface area contributed by atoms with Crippen LogP contribution in [0, 0.1) is 0 Å². The van der Waals surface area contributed by atoms with E-state index in [1.807, 2.05) is 0 Å². The number of carbonyl (C=O) groups is 1. The highest BCUT2D eigenvalue weighted by Gasteiger charge is 2.24. The minimum absolute atomic E-state index is 0.0948. The van der Waals surface area contributed by atoms with E-state index in [-0.39, 0.29) is 16.8 Å². The van der Waals surface area contributed by atoms with Crippen LogP contribution in [-0.4, -0.2) is 20.4 Å². The molecule has 1 amide bonds. The number of carbonyl (C=O) groups excluding carboxylic acids is 1. The monoisotopic (exact) mass is 337 g/mol. The lowest BCUT2D eigenvalue weighted by molar-refractivity contribution is 0.0951. The van der Waals surface area contributed by atoms with Crippen molar-refractivity contribution in [1.82, 2.24) is 5.32 Å². The molecule has 1 fully saturated rings. The SMILES string of the molecule is O=C(NC1CC1)c1ccc(Br)c(S(=O)(=O)Cl)c1. The van der Waals surface area contributed by atoms with E-state index >= 15 is 0 Å². The summed E-state index contributed by atoms with van der Waals surface area (Å²) in [5.41, 5.74) is 0.291. The molecule has 2 rings (SSSR count). The first-order chi connectivity index (χ1) is 7.88. The van der Waals surface area contributed by atoms with Crippen molar-refractivity contribution in [2.24, 2.45) is 0 Å². The lowest BCUT2D eigenvalue weighted by Crippen LogP contribution is -2.25. The summed E-state index contributed by atoms with van der Waals surface area (Å²) < 4.78 is 22.9. The molecule has 1 N–H and O–H groups in total. The van der Waals surface area contributed by atoms with Gasteiger partial charge in [-0.2, -0.15) is 0 Å². The van der Waals surface area contributed by atoms with Gasteiger partial charge in [-0.15, -0.1) is 0 Å². The quantitative estimate of drug-likeness (QED) is 0.860. The highest BCUT2D eigenvalue weighted by Crippen LogP contribution is 2.26. The molecule has 0 bridgehead atoms. The van der Waals surface area contributed by atoms with Gasteiger partial charge in [-0.05, 0) is 47.0 Å². The van der Waals surface area contributed by atoms with Crippen LogP contribution in [0.3, 0.4) is 0 Å². The Hall–Kier alpha value is -0.590. The van der Waals surface area contributed by atoms with Crippen LogP contribution >= 0.6 is 26.6 Å². The third kappa shape index (κ3) is 3.20. The van der Waals surface area contributed by atoms with Gasteiger partial charge >= 0.3 is 0 Å². The summed E-state index contributed by atoms with van der Waals surface area (Å²) in [6, 6.07) is 4.54. The molecular weight excluding hydrogens is 330 g/mol. The van der Waals surface area contributed by atoms with Crippen LogP contribution < -0.4 is 5.32 Å². The minimum atomic E-state index is -3.86. The van der Waals surface area contributed by atoms with E-state index in [0.29, 0.717) is 10.0 Å². The van der Waals surface area contributed by atoms with Crippen molar-refractivity contribution >= 4 is 41.6 Å². The largest absolute Gasteiger partial charge is 0.349 e. The van der Waals surface area contributed by atoms with Gasteiger partial charge in [0.2, 0.25) is 0 Å². The van der Waals surface area contributed by atoms with E-state index in [1.54, 1.807) is 6.07 Å². The van der Waals surface area contributed by atoms with E-state index < -0.39 is 9.05 Å². The van der Waals surface area contributed by atoms with E-state index in [9.17, 15) is 13.2 Å². The molecule has 0 aliphatic heterocycles. The predicted molar refractivity (Wildman–Crippen MR) is 67.7 cm³/mol. The Balaban J connectivity index is 2.33. The number of amides is 1. The Bertz CT molecular complexity index is 569. The van der Waals surface area contributed by atoms with Gasteiger partial charge in [0.1, 0.15) is 0 Å². The van der Waals surface area contributed by atoms with Crippen LogP contribution in [0.1, 0.15) is 23.2 Å². The van der Waals surface area contributed by atoms with E-state index in [2.05, 4.69) is 21.2 Å². The molecule has 1 saturated carbocycles. The van der Waals surface area contributed by atoms with E-state index in [0.717, 1.165) is 12.8 Å². The number of benzene rings is 1. The number of nitrogens with one attached hydrogen (secondary N) is 1. The Morgan fingerprint density at radius 1 is 1.41 bits per heavy atom. The van der Waals surface area contributed by atoms with Gasteiger partial charge < -0.3 is 5.32 Å². The summed E-state index contributed by atoms with van der Waals surface area (Å²) in [6.07, 6.45) is 1.95. The highest BCUT2D eigenvalue weighted by molar-refractivity contribution is 9.10. The zero-order valence-electron chi connectivity index (χ0n) is 8.61. The van der Waals surface area contributed by atoms with Crippen molar-refractivity contribution in [2.75, 3.05) is 0 Å². The Kier molecular flexibility index (Phi) is 3.47. The molecule has 4 nitrogen and oxygen atoms in total. The standard InChI is InChI=1S/C10H9BrClNO3S/c11-8-4-1-6(5-9(8)17(12,15)16)10(14)13-7-2-3-7/h1,4-5,7H,2-3H2,(H,13,14).